The molecule has 6 nitrogen and oxygen atoms in total. The Labute approximate surface area is 104 Å². The zero-order chi connectivity index (χ0) is 13.5. The van der Waals surface area contributed by atoms with E-state index < -0.39 is 12.1 Å². The summed E-state index contributed by atoms with van der Waals surface area (Å²) in [6.45, 7) is 1.89. The number of aliphatic hydroxyl groups excluding tert-OH is 1. The Balaban J connectivity index is 2.30. The van der Waals surface area contributed by atoms with Crippen LogP contribution in [0.1, 0.15) is 17.9 Å². The monoisotopic (exact) mass is 253 g/mol. The van der Waals surface area contributed by atoms with Gasteiger partial charge in [-0.2, -0.15) is 0 Å². The van der Waals surface area contributed by atoms with Gasteiger partial charge in [0.25, 0.3) is 0 Å². The van der Waals surface area contributed by atoms with Crippen LogP contribution >= 0.6 is 0 Å². The summed E-state index contributed by atoms with van der Waals surface area (Å²) < 4.78 is 5.22. The molecule has 1 rings (SSSR count). The Kier molecular flexibility index (Phi) is 5.13. The van der Waals surface area contributed by atoms with Gasteiger partial charge < -0.3 is 19.9 Å². The fourth-order valence-electron chi connectivity index (χ4n) is 1.22. The molecule has 0 saturated carbocycles. The van der Waals surface area contributed by atoms with E-state index in [1.807, 2.05) is 0 Å². The number of carbonyl (C=O) groups excluding carboxylic acids is 1. The van der Waals surface area contributed by atoms with Crippen LogP contribution in [-0.2, 0) is 9.59 Å². The lowest BCUT2D eigenvalue weighted by molar-refractivity contribution is -0.147. The molecule has 6 heteroatoms. The summed E-state index contributed by atoms with van der Waals surface area (Å²) in [7, 11) is 0. The topological polar surface area (TPSA) is 99.8 Å². The lowest BCUT2D eigenvalue weighted by Gasteiger charge is -2.05. The third kappa shape index (κ3) is 4.84. The quantitative estimate of drug-likeness (QED) is 0.643. The molecule has 1 unspecified atom stereocenters. The number of rotatable bonds is 6. The molecular formula is C12H15NO5. The van der Waals surface area contributed by atoms with E-state index in [9.17, 15) is 9.59 Å². The smallest absolute Gasteiger partial charge is 0.332 e. The third-order valence-electron chi connectivity index (χ3n) is 2.16. The van der Waals surface area contributed by atoms with Crippen molar-refractivity contribution in [2.45, 2.75) is 19.4 Å². The van der Waals surface area contributed by atoms with Gasteiger partial charge in [-0.25, -0.2) is 4.79 Å². The minimum absolute atomic E-state index is 0.0330. The van der Waals surface area contributed by atoms with Crippen molar-refractivity contribution in [2.75, 3.05) is 6.54 Å². The van der Waals surface area contributed by atoms with Crippen LogP contribution in [0.5, 0.6) is 0 Å². The highest BCUT2D eigenvalue weighted by atomic mass is 16.4. The Morgan fingerprint density at radius 2 is 2.22 bits per heavy atom. The number of aliphatic carboxylic acids is 1. The van der Waals surface area contributed by atoms with Crippen molar-refractivity contribution in [3.05, 3.63) is 29.7 Å². The molecule has 1 atom stereocenters. The van der Waals surface area contributed by atoms with Gasteiger partial charge in [0.05, 0.1) is 0 Å². The van der Waals surface area contributed by atoms with Gasteiger partial charge in [-0.15, -0.1) is 0 Å². The van der Waals surface area contributed by atoms with Crippen molar-refractivity contribution >= 4 is 18.0 Å². The first-order valence-corrected chi connectivity index (χ1v) is 5.42. The number of aliphatic hydroxyl groups is 1. The Bertz CT molecular complexity index is 449. The first-order chi connectivity index (χ1) is 8.49. The lowest BCUT2D eigenvalue weighted by Crippen LogP contribution is -2.28. The van der Waals surface area contributed by atoms with Gasteiger partial charge in [0.15, 0.2) is 6.10 Å². The molecule has 0 radical (unpaired) electrons. The van der Waals surface area contributed by atoms with Crippen LogP contribution < -0.4 is 5.32 Å². The van der Waals surface area contributed by atoms with Crippen LogP contribution in [0.4, 0.5) is 0 Å². The zero-order valence-electron chi connectivity index (χ0n) is 9.92. The van der Waals surface area contributed by atoms with Crippen molar-refractivity contribution in [2.24, 2.45) is 0 Å². The number of amides is 1. The average Bonchev–Trinajstić information content (AvgIpc) is 2.72. The summed E-state index contributed by atoms with van der Waals surface area (Å²) in [6.07, 6.45) is 1.30. The number of carbonyl (C=O) groups is 2. The normalized spacial score (nSPS) is 12.6. The minimum Gasteiger partial charge on any atom is -0.479 e. The standard InChI is InChI=1S/C12H15NO5/c1-8-2-3-9(18-8)4-5-11(15)13-7-6-10(14)12(16)17/h2-5,10,14H,6-7H2,1H3,(H,13,15)(H,16,17)/b5-4+. The molecule has 1 aromatic heterocycles. The van der Waals surface area contributed by atoms with E-state index >= 15 is 0 Å². The molecule has 0 bridgehead atoms. The molecule has 98 valence electrons. The van der Waals surface area contributed by atoms with Crippen molar-refractivity contribution in [1.29, 1.82) is 0 Å². The zero-order valence-corrected chi connectivity index (χ0v) is 9.92. The SMILES string of the molecule is Cc1ccc(/C=C/C(=O)NCCC(O)C(=O)O)o1. The highest BCUT2D eigenvalue weighted by Crippen LogP contribution is 2.07. The molecule has 0 aliphatic rings. The van der Waals surface area contributed by atoms with E-state index in [0.717, 1.165) is 5.76 Å². The fraction of sp³-hybridized carbons (Fsp3) is 0.333. The van der Waals surface area contributed by atoms with E-state index in [2.05, 4.69) is 5.32 Å². The van der Waals surface area contributed by atoms with E-state index in [1.165, 1.54) is 12.2 Å². The first-order valence-electron chi connectivity index (χ1n) is 5.42. The van der Waals surface area contributed by atoms with Crippen LogP contribution in [0.2, 0.25) is 0 Å². The van der Waals surface area contributed by atoms with E-state index in [0.29, 0.717) is 5.76 Å². The highest BCUT2D eigenvalue weighted by molar-refractivity contribution is 5.91. The van der Waals surface area contributed by atoms with Gasteiger partial charge in [0, 0.05) is 19.0 Å². The average molecular weight is 253 g/mol. The molecule has 0 aliphatic heterocycles. The maximum Gasteiger partial charge on any atom is 0.332 e. The molecular weight excluding hydrogens is 238 g/mol. The second-order valence-corrected chi connectivity index (χ2v) is 3.72. The Morgan fingerprint density at radius 1 is 1.50 bits per heavy atom. The molecule has 0 saturated heterocycles. The van der Waals surface area contributed by atoms with Crippen molar-refractivity contribution < 1.29 is 24.2 Å². The molecule has 0 spiro atoms. The molecule has 1 aromatic rings. The predicted molar refractivity (Wildman–Crippen MR) is 63.7 cm³/mol. The summed E-state index contributed by atoms with van der Waals surface area (Å²) in [6, 6.07) is 3.51. The van der Waals surface area contributed by atoms with Crippen molar-refractivity contribution in [3.63, 3.8) is 0 Å². The Hall–Kier alpha value is -2.08. The summed E-state index contributed by atoms with van der Waals surface area (Å²) in [5.41, 5.74) is 0. The number of hydrogen-bond acceptors (Lipinski definition) is 4. The van der Waals surface area contributed by atoms with E-state index in [-0.39, 0.29) is 18.9 Å². The van der Waals surface area contributed by atoms with Crippen molar-refractivity contribution in [1.82, 2.24) is 5.32 Å². The molecule has 1 heterocycles. The largest absolute Gasteiger partial charge is 0.479 e. The van der Waals surface area contributed by atoms with Gasteiger partial charge in [-0.05, 0) is 25.1 Å². The van der Waals surface area contributed by atoms with Gasteiger partial charge in [-0.3, -0.25) is 4.79 Å². The number of carboxylic acid groups (broad SMARTS) is 1. The molecule has 0 aromatic carbocycles. The summed E-state index contributed by atoms with van der Waals surface area (Å²) >= 11 is 0. The van der Waals surface area contributed by atoms with Gasteiger partial charge >= 0.3 is 5.97 Å². The van der Waals surface area contributed by atoms with Crippen LogP contribution in [0.3, 0.4) is 0 Å². The predicted octanol–water partition coefficient (Wildman–Crippen LogP) is 0.553. The maximum atomic E-state index is 11.3. The fourth-order valence-corrected chi connectivity index (χ4v) is 1.22. The maximum absolute atomic E-state index is 11.3. The van der Waals surface area contributed by atoms with Gasteiger partial charge in [0.2, 0.25) is 5.91 Å². The number of furan rings is 1. The summed E-state index contributed by atoms with van der Waals surface area (Å²) in [5, 5.41) is 19.8. The second-order valence-electron chi connectivity index (χ2n) is 3.72. The minimum atomic E-state index is -1.46. The Morgan fingerprint density at radius 3 is 2.78 bits per heavy atom. The second kappa shape index (κ2) is 6.61. The third-order valence-corrected chi connectivity index (χ3v) is 2.16. The molecule has 3 N–H and O–H groups in total. The summed E-state index contributed by atoms with van der Waals surface area (Å²) in [4.78, 5) is 21.6. The lowest BCUT2D eigenvalue weighted by atomic mass is 10.2. The van der Waals surface area contributed by atoms with E-state index in [4.69, 9.17) is 14.6 Å². The van der Waals surface area contributed by atoms with Gasteiger partial charge in [0.1, 0.15) is 11.5 Å². The molecule has 0 aliphatic carbocycles. The van der Waals surface area contributed by atoms with Crippen LogP contribution in [0.15, 0.2) is 22.6 Å². The van der Waals surface area contributed by atoms with Crippen molar-refractivity contribution in [3.8, 4) is 0 Å². The number of nitrogens with one attached hydrogen (secondary N) is 1. The van der Waals surface area contributed by atoms with Crippen LogP contribution in [-0.4, -0.2) is 34.7 Å². The van der Waals surface area contributed by atoms with Crippen LogP contribution in [0.25, 0.3) is 6.08 Å². The number of carboxylic acids is 1. The number of aryl methyl sites for hydroxylation is 1. The molecule has 0 fully saturated rings. The van der Waals surface area contributed by atoms with E-state index in [1.54, 1.807) is 19.1 Å². The molecule has 1 amide bonds. The van der Waals surface area contributed by atoms with Gasteiger partial charge in [-0.1, -0.05) is 0 Å². The first kappa shape index (κ1) is 14.0. The molecule has 18 heavy (non-hydrogen) atoms. The highest BCUT2D eigenvalue weighted by Gasteiger charge is 2.12. The summed E-state index contributed by atoms with van der Waals surface area (Å²) in [5.74, 6) is -0.361. The number of hydrogen-bond donors (Lipinski definition) is 3. The van der Waals surface area contributed by atoms with Crippen LogP contribution in [0, 0.1) is 6.92 Å².